The summed E-state index contributed by atoms with van der Waals surface area (Å²) in [7, 11) is 1.98. The van der Waals surface area contributed by atoms with Crippen molar-refractivity contribution >= 4 is 5.69 Å². The summed E-state index contributed by atoms with van der Waals surface area (Å²) in [5.41, 5.74) is 1.71. The van der Waals surface area contributed by atoms with Crippen LogP contribution in [0.15, 0.2) is 33.9 Å². The second-order valence-corrected chi connectivity index (χ2v) is 6.86. The Balaban J connectivity index is 2.02. The molecule has 4 nitrogen and oxygen atoms in total. The number of fused-ring (bicyclic) bond motifs is 1. The first-order chi connectivity index (χ1) is 10.9. The van der Waals surface area contributed by atoms with E-state index in [9.17, 15) is 9.59 Å². The fraction of sp³-hybridized carbons (Fsp3) is 0.474. The molecule has 1 aliphatic rings. The Kier molecular flexibility index (Phi) is 3.78. The van der Waals surface area contributed by atoms with Crippen LogP contribution in [0.1, 0.15) is 50.8 Å². The summed E-state index contributed by atoms with van der Waals surface area (Å²) >= 11 is 0. The number of rotatable bonds is 5. The quantitative estimate of drug-likeness (QED) is 0.629. The lowest BCUT2D eigenvalue weighted by molar-refractivity contribution is 0.290. The average molecular weight is 313 g/mol. The van der Waals surface area contributed by atoms with Crippen LogP contribution in [0.3, 0.4) is 0 Å². The number of anilines is 1. The fourth-order valence-corrected chi connectivity index (χ4v) is 3.75. The minimum Gasteiger partial charge on any atom is -0.489 e. The van der Waals surface area contributed by atoms with Crippen LogP contribution in [0.5, 0.6) is 5.75 Å². The van der Waals surface area contributed by atoms with Gasteiger partial charge in [-0.1, -0.05) is 45.4 Å². The average Bonchev–Trinajstić information content (AvgIpc) is 2.74. The minimum absolute atomic E-state index is 0.165. The molecule has 0 saturated carbocycles. The van der Waals surface area contributed by atoms with Gasteiger partial charge in [-0.2, -0.15) is 0 Å². The Morgan fingerprint density at radius 2 is 1.87 bits per heavy atom. The van der Waals surface area contributed by atoms with E-state index in [1.807, 2.05) is 19.2 Å². The van der Waals surface area contributed by atoms with Gasteiger partial charge in [0.2, 0.25) is 5.43 Å². The van der Waals surface area contributed by atoms with Crippen molar-refractivity contribution in [3.63, 3.8) is 0 Å². The van der Waals surface area contributed by atoms with Crippen LogP contribution in [-0.4, -0.2) is 13.7 Å². The molecule has 23 heavy (non-hydrogen) atoms. The lowest BCUT2D eigenvalue weighted by Crippen LogP contribution is -2.45. The monoisotopic (exact) mass is 313 g/mol. The Labute approximate surface area is 136 Å². The fourth-order valence-electron chi connectivity index (χ4n) is 3.75. The topological polar surface area (TPSA) is 46.6 Å². The van der Waals surface area contributed by atoms with Crippen molar-refractivity contribution in [1.82, 2.24) is 0 Å². The van der Waals surface area contributed by atoms with Gasteiger partial charge in [-0.05, 0) is 18.1 Å². The first-order valence-electron chi connectivity index (χ1n) is 8.19. The zero-order valence-electron chi connectivity index (χ0n) is 14.2. The van der Waals surface area contributed by atoms with E-state index in [4.69, 9.17) is 4.74 Å². The van der Waals surface area contributed by atoms with Crippen molar-refractivity contribution in [2.75, 3.05) is 18.6 Å². The molecule has 2 aromatic rings. The molecule has 3 rings (SSSR count). The van der Waals surface area contributed by atoms with Crippen LogP contribution in [0, 0.1) is 0 Å². The van der Waals surface area contributed by atoms with E-state index in [-0.39, 0.29) is 17.2 Å². The van der Waals surface area contributed by atoms with Gasteiger partial charge in [0, 0.05) is 18.2 Å². The smallest absolute Gasteiger partial charge is 0.268 e. The van der Waals surface area contributed by atoms with Crippen molar-refractivity contribution in [3.05, 3.63) is 55.8 Å². The normalized spacial score (nSPS) is 19.1. The zero-order valence-corrected chi connectivity index (χ0v) is 14.2. The Hall–Kier alpha value is -2.10. The molecular weight excluding hydrogens is 290 g/mol. The summed E-state index contributed by atoms with van der Waals surface area (Å²) in [6, 6.07) is 7.99. The van der Waals surface area contributed by atoms with Crippen LogP contribution < -0.4 is 20.5 Å². The molecule has 0 radical (unpaired) electrons. The molecule has 4 heteroatoms. The van der Waals surface area contributed by atoms with Crippen molar-refractivity contribution in [1.29, 1.82) is 0 Å². The van der Waals surface area contributed by atoms with Gasteiger partial charge in [-0.15, -0.1) is 0 Å². The third-order valence-corrected chi connectivity index (χ3v) is 4.97. The highest BCUT2D eigenvalue weighted by molar-refractivity contribution is 5.66. The molecule has 0 aromatic heterocycles. The lowest BCUT2D eigenvalue weighted by Gasteiger charge is -2.33. The van der Waals surface area contributed by atoms with Crippen LogP contribution in [0.4, 0.5) is 5.69 Å². The molecule has 1 aliphatic heterocycles. The molecule has 1 atom stereocenters. The van der Waals surface area contributed by atoms with E-state index in [0.29, 0.717) is 12.2 Å². The van der Waals surface area contributed by atoms with Gasteiger partial charge in [0.15, 0.2) is 5.75 Å². The number of benzene rings is 1. The molecule has 0 bridgehead atoms. The number of ether oxygens (including phenoxy) is 1. The van der Waals surface area contributed by atoms with Gasteiger partial charge in [0.05, 0.1) is 18.2 Å². The molecular formula is C19H23NO3. The van der Waals surface area contributed by atoms with E-state index < -0.39 is 10.9 Å². The van der Waals surface area contributed by atoms with Crippen molar-refractivity contribution in [3.8, 4) is 5.75 Å². The minimum atomic E-state index is -0.476. The molecule has 0 saturated heterocycles. The SMILES string of the molecule is CCCCOc1c(C2N(C)c3ccccc3C2(C)C)c(=O)c1=O. The summed E-state index contributed by atoms with van der Waals surface area (Å²) in [6.45, 7) is 6.79. The first kappa shape index (κ1) is 15.8. The molecule has 0 N–H and O–H groups in total. The Morgan fingerprint density at radius 3 is 2.52 bits per heavy atom. The van der Waals surface area contributed by atoms with E-state index in [1.54, 1.807) is 0 Å². The number of unbranched alkanes of at least 4 members (excludes halogenated alkanes) is 1. The van der Waals surface area contributed by atoms with Crippen molar-refractivity contribution in [2.24, 2.45) is 0 Å². The van der Waals surface area contributed by atoms with Crippen LogP contribution >= 0.6 is 0 Å². The predicted octanol–water partition coefficient (Wildman–Crippen LogP) is 2.93. The van der Waals surface area contributed by atoms with Crippen molar-refractivity contribution in [2.45, 2.75) is 45.1 Å². The maximum atomic E-state index is 12.3. The van der Waals surface area contributed by atoms with Crippen LogP contribution in [0.25, 0.3) is 0 Å². The maximum Gasteiger partial charge on any atom is 0.268 e. The van der Waals surface area contributed by atoms with Crippen LogP contribution in [-0.2, 0) is 5.41 Å². The van der Waals surface area contributed by atoms with E-state index in [2.05, 4.69) is 37.8 Å². The van der Waals surface area contributed by atoms with Crippen molar-refractivity contribution < 1.29 is 4.74 Å². The third-order valence-electron chi connectivity index (χ3n) is 4.97. The van der Waals surface area contributed by atoms with Crippen LogP contribution in [0.2, 0.25) is 0 Å². The molecule has 0 fully saturated rings. The molecule has 0 spiro atoms. The second-order valence-electron chi connectivity index (χ2n) is 6.86. The molecule has 122 valence electrons. The molecule has 2 aromatic carbocycles. The third kappa shape index (κ3) is 2.19. The number of para-hydroxylation sites is 1. The standard InChI is InChI=1S/C19H23NO3/c1-5-6-11-23-17-14(15(21)16(17)22)18-19(2,3)12-9-7-8-10-13(12)20(18)4/h7-10,18H,5-6,11H2,1-4H3. The number of hydrogen-bond acceptors (Lipinski definition) is 4. The number of likely N-dealkylation sites (N-methyl/N-ethyl adjacent to an activating group) is 1. The summed E-state index contributed by atoms with van der Waals surface area (Å²) in [6.07, 6.45) is 1.87. The molecule has 0 aliphatic carbocycles. The number of nitrogens with zero attached hydrogens (tertiary/aromatic N) is 1. The highest BCUT2D eigenvalue weighted by Gasteiger charge is 2.48. The summed E-state index contributed by atoms with van der Waals surface area (Å²) in [4.78, 5) is 26.3. The summed E-state index contributed by atoms with van der Waals surface area (Å²) in [5.74, 6) is 0.279. The number of hydrogen-bond donors (Lipinski definition) is 0. The zero-order chi connectivity index (χ0) is 16.8. The van der Waals surface area contributed by atoms with Gasteiger partial charge in [0.1, 0.15) is 0 Å². The van der Waals surface area contributed by atoms with Gasteiger partial charge in [0.25, 0.3) is 5.43 Å². The molecule has 1 unspecified atom stereocenters. The molecule has 0 amide bonds. The summed E-state index contributed by atoms with van der Waals surface area (Å²) in [5, 5.41) is 0. The van der Waals surface area contributed by atoms with Gasteiger partial charge >= 0.3 is 0 Å². The Morgan fingerprint density at radius 1 is 1.17 bits per heavy atom. The maximum absolute atomic E-state index is 12.3. The van der Waals surface area contributed by atoms with E-state index in [0.717, 1.165) is 18.5 Å². The van der Waals surface area contributed by atoms with Gasteiger partial charge < -0.3 is 9.64 Å². The van der Waals surface area contributed by atoms with E-state index >= 15 is 0 Å². The van der Waals surface area contributed by atoms with Gasteiger partial charge in [-0.25, -0.2) is 0 Å². The largest absolute Gasteiger partial charge is 0.489 e. The molecule has 1 heterocycles. The Bertz CT molecular complexity index is 799. The first-order valence-corrected chi connectivity index (χ1v) is 8.19. The van der Waals surface area contributed by atoms with Gasteiger partial charge in [-0.3, -0.25) is 9.59 Å². The predicted molar refractivity (Wildman–Crippen MR) is 92.4 cm³/mol. The van der Waals surface area contributed by atoms with E-state index in [1.165, 1.54) is 5.56 Å². The highest BCUT2D eigenvalue weighted by atomic mass is 16.5. The highest BCUT2D eigenvalue weighted by Crippen LogP contribution is 2.52. The second kappa shape index (κ2) is 5.52. The summed E-state index contributed by atoms with van der Waals surface area (Å²) < 4.78 is 5.65. The lowest BCUT2D eigenvalue weighted by atomic mass is 9.76.